The van der Waals surface area contributed by atoms with Crippen molar-refractivity contribution in [3.8, 4) is 6.07 Å². The van der Waals surface area contributed by atoms with Gasteiger partial charge >= 0.3 is 0 Å². The van der Waals surface area contributed by atoms with Crippen molar-refractivity contribution in [2.45, 2.75) is 6.42 Å². The number of hydrogen-bond acceptors (Lipinski definition) is 4. The molecule has 0 spiro atoms. The van der Waals surface area contributed by atoms with E-state index in [4.69, 9.17) is 16.9 Å². The van der Waals surface area contributed by atoms with E-state index >= 15 is 0 Å². The molecule has 102 valence electrons. The van der Waals surface area contributed by atoms with Crippen molar-refractivity contribution < 1.29 is 0 Å². The van der Waals surface area contributed by atoms with Gasteiger partial charge < -0.3 is 15.5 Å². The van der Waals surface area contributed by atoms with Gasteiger partial charge in [0, 0.05) is 32.7 Å². The first-order valence-corrected chi connectivity index (χ1v) is 7.04. The van der Waals surface area contributed by atoms with Crippen LogP contribution in [0.15, 0.2) is 18.2 Å². The minimum Gasteiger partial charge on any atom is -0.384 e. The molecule has 19 heavy (non-hydrogen) atoms. The largest absolute Gasteiger partial charge is 0.384 e. The Kier molecular flexibility index (Phi) is 5.46. The molecule has 4 nitrogen and oxygen atoms in total. The average molecular weight is 279 g/mol. The molecule has 1 aromatic carbocycles. The Morgan fingerprint density at radius 2 is 2.16 bits per heavy atom. The lowest BCUT2D eigenvalue weighted by Gasteiger charge is -2.27. The number of halogens is 1. The molecule has 0 bridgehead atoms. The molecular formula is C14H19ClN4. The van der Waals surface area contributed by atoms with Crippen molar-refractivity contribution in [3.05, 3.63) is 28.8 Å². The number of nitriles is 1. The summed E-state index contributed by atoms with van der Waals surface area (Å²) in [6.45, 7) is 6.47. The van der Waals surface area contributed by atoms with E-state index < -0.39 is 0 Å². The van der Waals surface area contributed by atoms with Gasteiger partial charge in [0.05, 0.1) is 22.3 Å². The van der Waals surface area contributed by atoms with Crippen LogP contribution in [0.25, 0.3) is 0 Å². The van der Waals surface area contributed by atoms with Gasteiger partial charge in [-0.05, 0) is 31.2 Å². The highest BCUT2D eigenvalue weighted by atomic mass is 35.5. The third kappa shape index (κ3) is 4.39. The topological polar surface area (TPSA) is 51.1 Å². The SMILES string of the molecule is N#Cc1ccc(NCCCN2CCNCC2)c(Cl)c1. The molecule has 2 N–H and O–H groups in total. The maximum absolute atomic E-state index is 8.77. The predicted octanol–water partition coefficient (Wildman–Crippen LogP) is 1.92. The number of hydrogen-bond donors (Lipinski definition) is 2. The van der Waals surface area contributed by atoms with Crippen molar-refractivity contribution in [1.82, 2.24) is 10.2 Å². The molecule has 1 aliphatic rings. The van der Waals surface area contributed by atoms with Gasteiger partial charge in [0.25, 0.3) is 0 Å². The summed E-state index contributed by atoms with van der Waals surface area (Å²) in [5.74, 6) is 0. The number of nitrogens with zero attached hydrogens (tertiary/aromatic N) is 2. The molecular weight excluding hydrogens is 260 g/mol. The van der Waals surface area contributed by atoms with Gasteiger partial charge in [-0.2, -0.15) is 5.26 Å². The normalized spacial score (nSPS) is 16.0. The van der Waals surface area contributed by atoms with E-state index in [9.17, 15) is 0 Å². The zero-order valence-corrected chi connectivity index (χ0v) is 11.7. The lowest BCUT2D eigenvalue weighted by Crippen LogP contribution is -2.44. The van der Waals surface area contributed by atoms with Crippen LogP contribution >= 0.6 is 11.6 Å². The number of piperazine rings is 1. The van der Waals surface area contributed by atoms with Crippen molar-refractivity contribution >= 4 is 17.3 Å². The summed E-state index contributed by atoms with van der Waals surface area (Å²) < 4.78 is 0. The van der Waals surface area contributed by atoms with Gasteiger partial charge in [-0.25, -0.2) is 0 Å². The molecule has 0 unspecified atom stereocenters. The summed E-state index contributed by atoms with van der Waals surface area (Å²) in [7, 11) is 0. The minimum atomic E-state index is 0.594. The van der Waals surface area contributed by atoms with Crippen molar-refractivity contribution in [3.63, 3.8) is 0 Å². The van der Waals surface area contributed by atoms with Crippen LogP contribution < -0.4 is 10.6 Å². The zero-order valence-electron chi connectivity index (χ0n) is 11.0. The Bertz CT molecular complexity index is 449. The van der Waals surface area contributed by atoms with Crippen LogP contribution in [0.3, 0.4) is 0 Å². The summed E-state index contributed by atoms with van der Waals surface area (Å²) in [6.07, 6.45) is 1.09. The van der Waals surface area contributed by atoms with Gasteiger partial charge in [-0.3, -0.25) is 0 Å². The Labute approximate surface area is 119 Å². The Morgan fingerprint density at radius 3 is 2.84 bits per heavy atom. The molecule has 5 heteroatoms. The number of benzene rings is 1. The van der Waals surface area contributed by atoms with Gasteiger partial charge in [0.15, 0.2) is 0 Å². The summed E-state index contributed by atoms with van der Waals surface area (Å²) in [5, 5.41) is 16.1. The van der Waals surface area contributed by atoms with E-state index in [0.717, 1.165) is 51.4 Å². The number of anilines is 1. The molecule has 0 saturated carbocycles. The van der Waals surface area contributed by atoms with Gasteiger partial charge in [-0.1, -0.05) is 11.6 Å². The Hall–Kier alpha value is -1.28. The summed E-state index contributed by atoms with van der Waals surface area (Å²) in [4.78, 5) is 2.47. The van der Waals surface area contributed by atoms with Crippen molar-refractivity contribution in [2.75, 3.05) is 44.6 Å². The fourth-order valence-corrected chi connectivity index (χ4v) is 2.44. The fourth-order valence-electron chi connectivity index (χ4n) is 2.19. The molecule has 0 radical (unpaired) electrons. The lowest BCUT2D eigenvalue weighted by molar-refractivity contribution is 0.240. The summed E-state index contributed by atoms with van der Waals surface area (Å²) >= 11 is 6.10. The second kappa shape index (κ2) is 7.34. The smallest absolute Gasteiger partial charge is 0.0992 e. The molecule has 0 aromatic heterocycles. The minimum absolute atomic E-state index is 0.594. The molecule has 0 atom stereocenters. The molecule has 1 heterocycles. The molecule has 0 aliphatic carbocycles. The number of nitrogens with one attached hydrogen (secondary N) is 2. The van der Waals surface area contributed by atoms with Crippen LogP contribution in [0.2, 0.25) is 5.02 Å². The van der Waals surface area contributed by atoms with E-state index in [1.54, 1.807) is 12.1 Å². The predicted molar refractivity (Wildman–Crippen MR) is 78.6 cm³/mol. The van der Waals surface area contributed by atoms with E-state index in [-0.39, 0.29) is 0 Å². The van der Waals surface area contributed by atoms with Crippen LogP contribution in [0, 0.1) is 11.3 Å². The molecule has 1 saturated heterocycles. The van der Waals surface area contributed by atoms with Crippen LogP contribution in [0.1, 0.15) is 12.0 Å². The molecule has 1 aromatic rings. The molecule has 1 fully saturated rings. The quantitative estimate of drug-likeness (QED) is 0.808. The second-order valence-electron chi connectivity index (χ2n) is 4.68. The highest BCUT2D eigenvalue weighted by Gasteiger charge is 2.08. The van der Waals surface area contributed by atoms with E-state index in [0.29, 0.717) is 10.6 Å². The Balaban J connectivity index is 1.72. The summed E-state index contributed by atoms with van der Waals surface area (Å²) in [5.41, 5.74) is 1.50. The third-order valence-corrected chi connectivity index (χ3v) is 3.59. The third-order valence-electron chi connectivity index (χ3n) is 3.27. The van der Waals surface area contributed by atoms with Crippen molar-refractivity contribution in [2.24, 2.45) is 0 Å². The van der Waals surface area contributed by atoms with Gasteiger partial charge in [0.1, 0.15) is 0 Å². The van der Waals surface area contributed by atoms with Gasteiger partial charge in [-0.15, -0.1) is 0 Å². The first-order valence-electron chi connectivity index (χ1n) is 6.66. The zero-order chi connectivity index (χ0) is 13.5. The van der Waals surface area contributed by atoms with E-state index in [1.807, 2.05) is 6.07 Å². The monoisotopic (exact) mass is 278 g/mol. The summed E-state index contributed by atoms with van der Waals surface area (Å²) in [6, 6.07) is 7.42. The van der Waals surface area contributed by atoms with Crippen LogP contribution in [-0.4, -0.2) is 44.2 Å². The first-order chi connectivity index (χ1) is 9.29. The maximum atomic E-state index is 8.77. The molecule has 0 amide bonds. The fraction of sp³-hybridized carbons (Fsp3) is 0.500. The molecule has 2 rings (SSSR count). The average Bonchev–Trinajstić information content (AvgIpc) is 2.46. The van der Waals surface area contributed by atoms with Crippen LogP contribution in [0.5, 0.6) is 0 Å². The number of rotatable bonds is 5. The Morgan fingerprint density at radius 1 is 1.37 bits per heavy atom. The standard InChI is InChI=1S/C14H19ClN4/c15-13-10-12(11-16)2-3-14(13)18-4-1-7-19-8-5-17-6-9-19/h2-3,10,17-18H,1,4-9H2. The highest BCUT2D eigenvalue weighted by Crippen LogP contribution is 2.22. The van der Waals surface area contributed by atoms with E-state index in [2.05, 4.69) is 21.6 Å². The first kappa shape index (κ1) is 14.1. The highest BCUT2D eigenvalue weighted by molar-refractivity contribution is 6.33. The molecule has 1 aliphatic heterocycles. The van der Waals surface area contributed by atoms with Gasteiger partial charge in [0.2, 0.25) is 0 Å². The van der Waals surface area contributed by atoms with E-state index in [1.165, 1.54) is 0 Å². The van der Waals surface area contributed by atoms with Crippen LogP contribution in [-0.2, 0) is 0 Å². The van der Waals surface area contributed by atoms with Crippen molar-refractivity contribution in [1.29, 1.82) is 5.26 Å². The van der Waals surface area contributed by atoms with Crippen LogP contribution in [0.4, 0.5) is 5.69 Å². The lowest BCUT2D eigenvalue weighted by atomic mass is 10.2. The second-order valence-corrected chi connectivity index (χ2v) is 5.09. The maximum Gasteiger partial charge on any atom is 0.0992 e.